The second-order valence-corrected chi connectivity index (χ2v) is 7.09. The fraction of sp³-hybridized carbons (Fsp3) is 0.100. The second-order valence-electron chi connectivity index (χ2n) is 5.77. The molecule has 2 N–H and O–H groups in total. The van der Waals surface area contributed by atoms with E-state index in [1.807, 2.05) is 42.5 Å². The number of nitrogens with zero attached hydrogens (tertiary/aromatic N) is 2. The first-order valence-electron chi connectivity index (χ1n) is 8.02. The van der Waals surface area contributed by atoms with Crippen molar-refractivity contribution in [3.8, 4) is 5.75 Å². The number of phenolic OH excluding ortho intramolecular Hbond substituents is 1. The van der Waals surface area contributed by atoms with E-state index in [0.29, 0.717) is 18.5 Å². The van der Waals surface area contributed by atoms with Gasteiger partial charge in [0.2, 0.25) is 0 Å². The Morgan fingerprint density at radius 1 is 1.12 bits per heavy atom. The number of hydrogen-bond acceptors (Lipinski definition) is 4. The van der Waals surface area contributed by atoms with Gasteiger partial charge in [0.15, 0.2) is 0 Å². The highest BCUT2D eigenvalue weighted by Crippen LogP contribution is 2.22. The monoisotopic (exact) mass is 429 g/mol. The zero-order valence-electron chi connectivity index (χ0n) is 13.9. The zero-order valence-corrected chi connectivity index (χ0v) is 16.2. The highest BCUT2D eigenvalue weighted by molar-refractivity contribution is 9.10. The maximum Gasteiger partial charge on any atom is 0.124 e. The number of hydrazone groups is 1. The van der Waals surface area contributed by atoms with Crippen molar-refractivity contribution in [2.75, 3.05) is 0 Å². The lowest BCUT2D eigenvalue weighted by molar-refractivity contribution is 0.474. The van der Waals surface area contributed by atoms with Crippen LogP contribution < -0.4 is 5.43 Å². The third-order valence-corrected chi connectivity index (χ3v) is 4.59. The summed E-state index contributed by atoms with van der Waals surface area (Å²) in [5, 5.41) is 15.0. The van der Waals surface area contributed by atoms with E-state index in [4.69, 9.17) is 11.6 Å². The number of aromatic hydroxyl groups is 1. The quantitative estimate of drug-likeness (QED) is 0.431. The normalized spacial score (nSPS) is 11.0. The van der Waals surface area contributed by atoms with E-state index >= 15 is 0 Å². The molecule has 0 saturated carbocycles. The Balaban J connectivity index is 1.66. The summed E-state index contributed by atoms with van der Waals surface area (Å²) < 4.78 is 0.922. The molecule has 26 heavy (non-hydrogen) atoms. The van der Waals surface area contributed by atoms with Crippen LogP contribution in [0.25, 0.3) is 0 Å². The zero-order chi connectivity index (χ0) is 18.4. The van der Waals surface area contributed by atoms with Gasteiger partial charge in [-0.05, 0) is 63.3 Å². The minimum absolute atomic E-state index is 0.183. The summed E-state index contributed by atoms with van der Waals surface area (Å²) in [6.07, 6.45) is 5.80. The lowest BCUT2D eigenvalue weighted by atomic mass is 10.0. The summed E-state index contributed by atoms with van der Waals surface area (Å²) in [6, 6.07) is 15.2. The molecule has 0 radical (unpaired) electrons. The van der Waals surface area contributed by atoms with E-state index < -0.39 is 0 Å². The number of rotatable bonds is 6. The van der Waals surface area contributed by atoms with Crippen molar-refractivity contribution in [3.63, 3.8) is 0 Å². The van der Waals surface area contributed by atoms with Crippen LogP contribution in [0.3, 0.4) is 0 Å². The Bertz CT molecular complexity index is 930. The number of nitrogens with one attached hydrogen (secondary N) is 1. The average Bonchev–Trinajstić information content (AvgIpc) is 2.63. The van der Waals surface area contributed by atoms with Crippen molar-refractivity contribution in [3.05, 3.63) is 92.7 Å². The fourth-order valence-corrected chi connectivity index (χ4v) is 3.10. The Morgan fingerprint density at radius 3 is 2.77 bits per heavy atom. The lowest BCUT2D eigenvalue weighted by Gasteiger charge is -2.07. The summed E-state index contributed by atoms with van der Waals surface area (Å²) in [6.45, 7) is 0.545. The van der Waals surface area contributed by atoms with Gasteiger partial charge in [0.05, 0.1) is 12.8 Å². The summed E-state index contributed by atoms with van der Waals surface area (Å²) in [5.74, 6) is 0.183. The molecule has 0 aliphatic carbocycles. The molecule has 0 atom stereocenters. The molecular formula is C20H17BrClN3O. The molecule has 0 aliphatic heterocycles. The Labute approximate surface area is 165 Å². The Kier molecular flexibility index (Phi) is 6.26. The van der Waals surface area contributed by atoms with E-state index in [0.717, 1.165) is 26.2 Å². The van der Waals surface area contributed by atoms with Crippen LogP contribution in [0.4, 0.5) is 0 Å². The van der Waals surface area contributed by atoms with Crippen LogP contribution in [0.5, 0.6) is 5.75 Å². The first-order chi connectivity index (χ1) is 12.6. The maximum absolute atomic E-state index is 10.0. The van der Waals surface area contributed by atoms with Crippen molar-refractivity contribution in [2.45, 2.75) is 13.0 Å². The van der Waals surface area contributed by atoms with Gasteiger partial charge in [0, 0.05) is 27.5 Å². The summed E-state index contributed by atoms with van der Waals surface area (Å²) in [7, 11) is 0. The van der Waals surface area contributed by atoms with E-state index in [2.05, 4.69) is 31.4 Å². The lowest BCUT2D eigenvalue weighted by Crippen LogP contribution is -2.06. The first kappa shape index (κ1) is 18.4. The summed E-state index contributed by atoms with van der Waals surface area (Å²) in [4.78, 5) is 4.10. The van der Waals surface area contributed by atoms with Gasteiger partial charge in [-0.15, -0.1) is 0 Å². The molecule has 1 heterocycles. The van der Waals surface area contributed by atoms with Crippen LogP contribution in [-0.4, -0.2) is 16.3 Å². The van der Waals surface area contributed by atoms with Gasteiger partial charge >= 0.3 is 0 Å². The molecule has 3 rings (SSSR count). The predicted octanol–water partition coefficient (Wildman–Crippen LogP) is 4.92. The molecule has 2 aromatic carbocycles. The third kappa shape index (κ3) is 5.07. The number of benzene rings is 2. The molecule has 3 aromatic rings. The molecule has 0 aliphatic rings. The molecule has 0 unspecified atom stereocenters. The van der Waals surface area contributed by atoms with Gasteiger partial charge in [-0.2, -0.15) is 5.10 Å². The largest absolute Gasteiger partial charge is 0.507 e. The number of aromatic nitrogens is 1. The Morgan fingerprint density at radius 2 is 1.96 bits per heavy atom. The second kappa shape index (κ2) is 8.83. The number of pyridine rings is 1. The van der Waals surface area contributed by atoms with Gasteiger partial charge in [-0.3, -0.25) is 4.98 Å². The topological polar surface area (TPSA) is 57.5 Å². The van der Waals surface area contributed by atoms with Crippen molar-refractivity contribution in [2.24, 2.45) is 5.10 Å². The van der Waals surface area contributed by atoms with E-state index in [9.17, 15) is 5.11 Å². The molecular weight excluding hydrogens is 414 g/mol. The maximum atomic E-state index is 10.0. The molecule has 0 bridgehead atoms. The van der Waals surface area contributed by atoms with Crippen molar-refractivity contribution in [1.29, 1.82) is 0 Å². The first-order valence-corrected chi connectivity index (χ1v) is 9.19. The third-order valence-electron chi connectivity index (χ3n) is 3.78. The van der Waals surface area contributed by atoms with Crippen molar-refractivity contribution >= 4 is 33.7 Å². The van der Waals surface area contributed by atoms with Gasteiger partial charge in [-0.25, -0.2) is 0 Å². The highest BCUT2D eigenvalue weighted by atomic mass is 79.9. The smallest absolute Gasteiger partial charge is 0.124 e. The number of hydrogen-bond donors (Lipinski definition) is 2. The average molecular weight is 431 g/mol. The minimum Gasteiger partial charge on any atom is -0.507 e. The van der Waals surface area contributed by atoms with Gasteiger partial charge in [-0.1, -0.05) is 35.9 Å². The van der Waals surface area contributed by atoms with Gasteiger partial charge in [0.25, 0.3) is 0 Å². The van der Waals surface area contributed by atoms with E-state index in [1.54, 1.807) is 24.7 Å². The number of phenols is 1. The van der Waals surface area contributed by atoms with Gasteiger partial charge in [0.1, 0.15) is 5.75 Å². The molecule has 4 nitrogen and oxygen atoms in total. The van der Waals surface area contributed by atoms with Crippen molar-refractivity contribution in [1.82, 2.24) is 10.4 Å². The van der Waals surface area contributed by atoms with Gasteiger partial charge < -0.3 is 10.5 Å². The number of halogens is 2. The molecule has 0 amide bonds. The van der Waals surface area contributed by atoms with Crippen molar-refractivity contribution < 1.29 is 5.11 Å². The molecule has 0 fully saturated rings. The summed E-state index contributed by atoms with van der Waals surface area (Å²) >= 11 is 9.61. The van der Waals surface area contributed by atoms with Crippen LogP contribution >= 0.6 is 27.5 Å². The predicted molar refractivity (Wildman–Crippen MR) is 109 cm³/mol. The van der Waals surface area contributed by atoms with Crippen LogP contribution in [0.15, 0.2) is 70.5 Å². The molecule has 0 saturated heterocycles. The molecule has 1 aromatic heterocycles. The van der Waals surface area contributed by atoms with Crippen LogP contribution in [0.2, 0.25) is 5.02 Å². The van der Waals surface area contributed by atoms with Crippen LogP contribution in [-0.2, 0) is 13.0 Å². The molecule has 132 valence electrons. The standard InChI is InChI=1S/C20H17BrClN3O/c21-18-9-15(10-23-13-18)11-24-25-12-17-8-14(5-6-20(17)26)7-16-3-1-2-4-19(16)22/h1-6,8-10,12-13,24,26H,7,11H2/b25-12-. The summed E-state index contributed by atoms with van der Waals surface area (Å²) in [5.41, 5.74) is 6.71. The van der Waals surface area contributed by atoms with Crippen LogP contribution in [0.1, 0.15) is 22.3 Å². The van der Waals surface area contributed by atoms with Crippen LogP contribution in [0, 0.1) is 0 Å². The molecule has 6 heteroatoms. The minimum atomic E-state index is 0.183. The van der Waals surface area contributed by atoms with E-state index in [-0.39, 0.29) is 5.75 Å². The van der Waals surface area contributed by atoms with E-state index in [1.165, 1.54) is 0 Å². The highest BCUT2D eigenvalue weighted by Gasteiger charge is 2.04. The SMILES string of the molecule is Oc1ccc(Cc2ccccc2Cl)cc1/C=N\NCc1cncc(Br)c1. The fourth-order valence-electron chi connectivity index (χ4n) is 2.48. The molecule has 0 spiro atoms. The Hall–Kier alpha value is -2.37.